The molecular weight excluding hydrogens is 334 g/mol. The zero-order valence-corrected chi connectivity index (χ0v) is 16.2. The summed E-state index contributed by atoms with van der Waals surface area (Å²) in [7, 11) is 4.26. The fourth-order valence-corrected chi connectivity index (χ4v) is 3.28. The van der Waals surface area contributed by atoms with Crippen molar-refractivity contribution in [1.82, 2.24) is 14.9 Å². The van der Waals surface area contributed by atoms with E-state index >= 15 is 0 Å². The molecule has 0 bridgehead atoms. The van der Waals surface area contributed by atoms with E-state index in [4.69, 9.17) is 5.26 Å². The number of aromatic nitrogens is 2. The van der Waals surface area contributed by atoms with Gasteiger partial charge in [0.15, 0.2) is 0 Å². The van der Waals surface area contributed by atoms with Crippen LogP contribution in [0, 0.1) is 11.3 Å². The van der Waals surface area contributed by atoms with Gasteiger partial charge >= 0.3 is 0 Å². The Hall–Kier alpha value is -2.84. The van der Waals surface area contributed by atoms with Crippen LogP contribution in [0.3, 0.4) is 0 Å². The van der Waals surface area contributed by atoms with E-state index in [1.54, 1.807) is 0 Å². The first-order valence-corrected chi connectivity index (χ1v) is 9.48. The second-order valence-corrected chi connectivity index (χ2v) is 7.06. The molecule has 0 amide bonds. The van der Waals surface area contributed by atoms with Gasteiger partial charge in [0.1, 0.15) is 5.82 Å². The van der Waals surface area contributed by atoms with Gasteiger partial charge in [0.05, 0.1) is 11.6 Å². The monoisotopic (exact) mass is 361 g/mol. The molecule has 0 aliphatic carbocycles. The second kappa shape index (κ2) is 9.20. The van der Waals surface area contributed by atoms with Crippen LogP contribution in [0.2, 0.25) is 0 Å². The lowest BCUT2D eigenvalue weighted by Crippen LogP contribution is -2.31. The summed E-state index contributed by atoms with van der Waals surface area (Å²) in [6.45, 7) is 3.07. The molecule has 3 aromatic rings. The van der Waals surface area contributed by atoms with Crippen LogP contribution >= 0.6 is 0 Å². The van der Waals surface area contributed by atoms with Crippen LogP contribution in [0.5, 0.6) is 0 Å². The number of nitriles is 1. The number of hydrogen-bond donors (Lipinski definition) is 1. The SMILES string of the molecule is CN(CCCCc1c[nH]c2ccc(C#N)cc12)CCN(C)c1ccccn1. The molecule has 0 aliphatic heterocycles. The summed E-state index contributed by atoms with van der Waals surface area (Å²) in [4.78, 5) is 12.3. The quantitative estimate of drug-likeness (QED) is 0.589. The molecular formula is C22H27N5. The lowest BCUT2D eigenvalue weighted by Gasteiger charge is -2.22. The number of nitrogens with one attached hydrogen (secondary N) is 1. The maximum absolute atomic E-state index is 9.09. The van der Waals surface area contributed by atoms with Crippen molar-refractivity contribution in [3.8, 4) is 6.07 Å². The van der Waals surface area contributed by atoms with E-state index in [-0.39, 0.29) is 0 Å². The zero-order valence-electron chi connectivity index (χ0n) is 16.2. The smallest absolute Gasteiger partial charge is 0.128 e. The van der Waals surface area contributed by atoms with Crippen LogP contribution in [0.15, 0.2) is 48.8 Å². The van der Waals surface area contributed by atoms with Crippen LogP contribution in [-0.4, -0.2) is 48.6 Å². The molecule has 27 heavy (non-hydrogen) atoms. The Bertz CT molecular complexity index is 894. The van der Waals surface area contributed by atoms with Gasteiger partial charge in [0.2, 0.25) is 0 Å². The van der Waals surface area contributed by atoms with Gasteiger partial charge in [-0.3, -0.25) is 0 Å². The van der Waals surface area contributed by atoms with E-state index in [1.165, 1.54) is 10.9 Å². The van der Waals surface area contributed by atoms with E-state index in [9.17, 15) is 0 Å². The van der Waals surface area contributed by atoms with Crippen molar-refractivity contribution in [1.29, 1.82) is 5.26 Å². The molecule has 5 heteroatoms. The van der Waals surface area contributed by atoms with Crippen LogP contribution in [0.25, 0.3) is 10.9 Å². The fourth-order valence-electron chi connectivity index (χ4n) is 3.28. The molecule has 0 unspecified atom stereocenters. The minimum Gasteiger partial charge on any atom is -0.361 e. The third-order valence-corrected chi connectivity index (χ3v) is 4.99. The number of benzene rings is 1. The predicted octanol–water partition coefficient (Wildman–Crippen LogP) is 3.83. The Morgan fingerprint density at radius 3 is 2.74 bits per heavy atom. The molecule has 0 aliphatic rings. The number of unbranched alkanes of at least 4 members (excludes halogenated alkanes) is 1. The molecule has 5 nitrogen and oxygen atoms in total. The Morgan fingerprint density at radius 1 is 1.07 bits per heavy atom. The largest absolute Gasteiger partial charge is 0.361 e. The van der Waals surface area contributed by atoms with Crippen molar-refractivity contribution in [3.63, 3.8) is 0 Å². The van der Waals surface area contributed by atoms with Gasteiger partial charge in [-0.05, 0) is 68.8 Å². The van der Waals surface area contributed by atoms with Gasteiger partial charge in [-0.15, -0.1) is 0 Å². The number of nitrogens with zero attached hydrogens (tertiary/aromatic N) is 4. The van der Waals surface area contributed by atoms with E-state index in [2.05, 4.69) is 46.1 Å². The number of aromatic amines is 1. The van der Waals surface area contributed by atoms with Crippen LogP contribution in [0.4, 0.5) is 5.82 Å². The van der Waals surface area contributed by atoms with Crippen molar-refractivity contribution in [3.05, 3.63) is 59.9 Å². The standard InChI is InChI=1S/C22H27N5/c1-26(13-14-27(2)22-8-3-5-11-24-22)12-6-4-7-19-17-25-21-10-9-18(16-23)15-20(19)21/h3,5,8-11,15,17,25H,4,6-7,12-14H2,1-2H3. The number of hydrogen-bond acceptors (Lipinski definition) is 4. The summed E-state index contributed by atoms with van der Waals surface area (Å²) in [5, 5.41) is 10.3. The third-order valence-electron chi connectivity index (χ3n) is 4.99. The van der Waals surface area contributed by atoms with Crippen molar-refractivity contribution >= 4 is 16.7 Å². The van der Waals surface area contributed by atoms with Crippen LogP contribution in [0.1, 0.15) is 24.0 Å². The molecule has 140 valence electrons. The second-order valence-electron chi connectivity index (χ2n) is 7.06. The van der Waals surface area contributed by atoms with Crippen molar-refractivity contribution in [2.75, 3.05) is 38.6 Å². The maximum atomic E-state index is 9.09. The Kier molecular flexibility index (Phi) is 6.45. The van der Waals surface area contributed by atoms with E-state index in [0.717, 1.165) is 55.8 Å². The van der Waals surface area contributed by atoms with Crippen LogP contribution < -0.4 is 4.90 Å². The number of H-pyrrole nitrogens is 1. The number of aryl methyl sites for hydroxylation is 1. The predicted molar refractivity (Wildman–Crippen MR) is 111 cm³/mol. The number of fused-ring (bicyclic) bond motifs is 1. The fraction of sp³-hybridized carbons (Fsp3) is 0.364. The lowest BCUT2D eigenvalue weighted by atomic mass is 10.1. The molecule has 0 saturated carbocycles. The van der Waals surface area contributed by atoms with E-state index < -0.39 is 0 Å². The van der Waals surface area contributed by atoms with Gasteiger partial charge in [0.25, 0.3) is 0 Å². The first kappa shape index (κ1) is 18.9. The van der Waals surface area contributed by atoms with Crippen molar-refractivity contribution < 1.29 is 0 Å². The van der Waals surface area contributed by atoms with Crippen molar-refractivity contribution in [2.45, 2.75) is 19.3 Å². The number of pyridine rings is 1. The van der Waals surface area contributed by atoms with Crippen LogP contribution in [-0.2, 0) is 6.42 Å². The highest BCUT2D eigenvalue weighted by molar-refractivity contribution is 5.84. The first-order chi connectivity index (χ1) is 13.2. The number of rotatable bonds is 9. The Morgan fingerprint density at radius 2 is 1.96 bits per heavy atom. The highest BCUT2D eigenvalue weighted by Crippen LogP contribution is 2.21. The highest BCUT2D eigenvalue weighted by Gasteiger charge is 2.06. The Balaban J connectivity index is 1.40. The van der Waals surface area contributed by atoms with E-state index in [0.29, 0.717) is 0 Å². The summed E-state index contributed by atoms with van der Waals surface area (Å²) < 4.78 is 0. The summed E-state index contributed by atoms with van der Waals surface area (Å²) in [5.41, 5.74) is 3.14. The molecule has 0 saturated heterocycles. The summed E-state index contributed by atoms with van der Waals surface area (Å²) in [6, 6.07) is 14.1. The molecule has 2 aromatic heterocycles. The third kappa shape index (κ3) is 5.08. The average molecular weight is 361 g/mol. The molecule has 1 N–H and O–H groups in total. The molecule has 2 heterocycles. The van der Waals surface area contributed by atoms with Gasteiger partial charge in [-0.1, -0.05) is 6.07 Å². The van der Waals surface area contributed by atoms with Crippen molar-refractivity contribution in [2.24, 2.45) is 0 Å². The summed E-state index contributed by atoms with van der Waals surface area (Å²) in [6.07, 6.45) is 7.26. The molecule has 0 fully saturated rings. The maximum Gasteiger partial charge on any atom is 0.128 e. The number of anilines is 1. The first-order valence-electron chi connectivity index (χ1n) is 9.48. The minimum absolute atomic E-state index is 0.722. The Labute approximate surface area is 161 Å². The summed E-state index contributed by atoms with van der Waals surface area (Å²) >= 11 is 0. The van der Waals surface area contributed by atoms with Gasteiger partial charge in [-0.2, -0.15) is 5.26 Å². The lowest BCUT2D eigenvalue weighted by molar-refractivity contribution is 0.333. The average Bonchev–Trinajstić information content (AvgIpc) is 3.12. The molecule has 1 aromatic carbocycles. The highest BCUT2D eigenvalue weighted by atomic mass is 15.2. The molecule has 0 spiro atoms. The van der Waals surface area contributed by atoms with Gasteiger partial charge < -0.3 is 14.8 Å². The van der Waals surface area contributed by atoms with Gasteiger partial charge in [-0.25, -0.2) is 4.98 Å². The topological polar surface area (TPSA) is 59.0 Å². The zero-order chi connectivity index (χ0) is 19.1. The summed E-state index contributed by atoms with van der Waals surface area (Å²) in [5.74, 6) is 1.02. The molecule has 0 atom stereocenters. The van der Waals surface area contributed by atoms with Gasteiger partial charge in [0, 0.05) is 43.4 Å². The minimum atomic E-state index is 0.722. The molecule has 3 rings (SSSR count). The normalized spacial score (nSPS) is 11.0. The number of likely N-dealkylation sites (N-methyl/N-ethyl adjacent to an activating group) is 2. The van der Waals surface area contributed by atoms with E-state index in [1.807, 2.05) is 42.6 Å². The molecule has 0 radical (unpaired) electrons.